The molecule has 0 N–H and O–H groups in total. The number of anilines is 2. The summed E-state index contributed by atoms with van der Waals surface area (Å²) in [4.78, 5) is 9.03. The molecule has 2 aromatic rings. The number of hydrogen-bond donors (Lipinski definition) is 0. The fraction of sp³-hybridized carbons (Fsp3) is 0.444. The first-order chi connectivity index (χ1) is 12.2. The summed E-state index contributed by atoms with van der Waals surface area (Å²) in [6, 6.07) is 6.64. The van der Waals surface area contributed by atoms with Gasteiger partial charge < -0.3 is 14.4 Å². The highest BCUT2D eigenvalue weighted by Gasteiger charge is 2.36. The summed E-state index contributed by atoms with van der Waals surface area (Å²) in [7, 11) is 1.51. The van der Waals surface area contributed by atoms with Crippen LogP contribution in [0.3, 0.4) is 0 Å². The Bertz CT molecular complexity index is 719. The second-order valence-electron chi connectivity index (χ2n) is 6.08. The summed E-state index contributed by atoms with van der Waals surface area (Å²) in [6.45, 7) is 6.54. The van der Waals surface area contributed by atoms with Crippen molar-refractivity contribution in [1.29, 1.82) is 0 Å². The van der Waals surface area contributed by atoms with E-state index >= 15 is 0 Å². The molecule has 0 fully saturated rings. The first kappa shape index (κ1) is 19.8. The number of alkyl halides is 3. The van der Waals surface area contributed by atoms with E-state index < -0.39 is 11.7 Å². The zero-order chi connectivity index (χ0) is 19.3. The van der Waals surface area contributed by atoms with Crippen molar-refractivity contribution in [3.63, 3.8) is 0 Å². The number of nitrogens with zero attached hydrogens (tertiary/aromatic N) is 3. The Morgan fingerprint density at radius 3 is 2.31 bits per heavy atom. The molecular weight excluding hydrogens is 347 g/mol. The molecule has 0 aliphatic heterocycles. The van der Waals surface area contributed by atoms with Gasteiger partial charge in [-0.25, -0.2) is 4.98 Å². The summed E-state index contributed by atoms with van der Waals surface area (Å²) < 4.78 is 50.8. The molecule has 0 aliphatic carbocycles. The lowest BCUT2D eigenvalue weighted by Crippen LogP contribution is -2.19. The van der Waals surface area contributed by atoms with Crippen molar-refractivity contribution in [1.82, 2.24) is 9.97 Å². The van der Waals surface area contributed by atoms with Crippen LogP contribution in [0.15, 0.2) is 30.5 Å². The van der Waals surface area contributed by atoms with Gasteiger partial charge in [0, 0.05) is 18.9 Å². The molecular formula is C18H22F3N3O2. The van der Waals surface area contributed by atoms with Crippen LogP contribution in [-0.4, -0.2) is 30.2 Å². The molecule has 8 heteroatoms. The van der Waals surface area contributed by atoms with Gasteiger partial charge in [0.2, 0.25) is 0 Å². The maximum absolute atomic E-state index is 13.4. The van der Waals surface area contributed by atoms with Crippen LogP contribution in [-0.2, 0) is 6.18 Å². The third kappa shape index (κ3) is 5.00. The first-order valence-electron chi connectivity index (χ1n) is 8.26. The van der Waals surface area contributed by atoms with Gasteiger partial charge in [-0.1, -0.05) is 13.8 Å². The molecule has 0 saturated carbocycles. The van der Waals surface area contributed by atoms with Crippen LogP contribution in [0.5, 0.6) is 11.8 Å². The highest BCUT2D eigenvalue weighted by atomic mass is 19.4. The Kier molecular flexibility index (Phi) is 6.28. The lowest BCUT2D eigenvalue weighted by Gasteiger charge is -2.23. The molecule has 0 aliphatic rings. The predicted octanol–water partition coefficient (Wildman–Crippen LogP) is 4.70. The van der Waals surface area contributed by atoms with Crippen molar-refractivity contribution in [2.75, 3.05) is 25.2 Å². The largest absolute Gasteiger partial charge is 0.494 e. The normalized spacial score (nSPS) is 11.5. The van der Waals surface area contributed by atoms with Gasteiger partial charge in [0.15, 0.2) is 5.82 Å². The Morgan fingerprint density at radius 2 is 1.77 bits per heavy atom. The van der Waals surface area contributed by atoms with E-state index in [1.54, 1.807) is 24.3 Å². The number of halogens is 3. The minimum Gasteiger partial charge on any atom is -0.494 e. The fourth-order valence-corrected chi connectivity index (χ4v) is 2.18. The van der Waals surface area contributed by atoms with Crippen LogP contribution < -0.4 is 14.4 Å². The van der Waals surface area contributed by atoms with Crippen LogP contribution >= 0.6 is 0 Å². The molecule has 142 valence electrons. The standard InChI is InChI=1S/C18H22F3N3O2/c1-5-25-14-8-6-13(7-9-14)24(4)16-15(18(19,20)21)10-22-17(23-16)26-11-12(2)3/h6-10,12H,5,11H2,1-4H3. The van der Waals surface area contributed by atoms with Gasteiger partial charge in [-0.2, -0.15) is 18.2 Å². The minimum absolute atomic E-state index is 0.0838. The molecule has 5 nitrogen and oxygen atoms in total. The van der Waals surface area contributed by atoms with Gasteiger partial charge in [0.25, 0.3) is 0 Å². The van der Waals surface area contributed by atoms with Gasteiger partial charge >= 0.3 is 12.2 Å². The van der Waals surface area contributed by atoms with E-state index in [0.717, 1.165) is 6.20 Å². The molecule has 0 bridgehead atoms. The Balaban J connectivity index is 2.37. The van der Waals surface area contributed by atoms with Crippen LogP contribution in [0.1, 0.15) is 26.3 Å². The quantitative estimate of drug-likeness (QED) is 0.708. The maximum atomic E-state index is 13.4. The highest BCUT2D eigenvalue weighted by molar-refractivity contribution is 5.63. The zero-order valence-corrected chi connectivity index (χ0v) is 15.2. The molecule has 0 spiro atoms. The van der Waals surface area contributed by atoms with E-state index in [4.69, 9.17) is 9.47 Å². The summed E-state index contributed by atoms with van der Waals surface area (Å²) in [5.74, 6) is 0.577. The third-order valence-corrected chi connectivity index (χ3v) is 3.45. The Labute approximate surface area is 150 Å². The van der Waals surface area contributed by atoms with Crippen LogP contribution in [0.2, 0.25) is 0 Å². The van der Waals surface area contributed by atoms with Crippen molar-refractivity contribution < 1.29 is 22.6 Å². The van der Waals surface area contributed by atoms with Gasteiger partial charge in [-0.15, -0.1) is 0 Å². The topological polar surface area (TPSA) is 47.5 Å². The fourth-order valence-electron chi connectivity index (χ4n) is 2.18. The van der Waals surface area contributed by atoms with Crippen molar-refractivity contribution in [2.24, 2.45) is 5.92 Å². The summed E-state index contributed by atoms with van der Waals surface area (Å²) in [5.41, 5.74) is -0.391. The molecule has 26 heavy (non-hydrogen) atoms. The van der Waals surface area contributed by atoms with E-state index in [1.807, 2.05) is 20.8 Å². The van der Waals surface area contributed by atoms with E-state index in [2.05, 4.69) is 9.97 Å². The first-order valence-corrected chi connectivity index (χ1v) is 8.26. The monoisotopic (exact) mass is 369 g/mol. The van der Waals surface area contributed by atoms with Gasteiger partial charge in [0.05, 0.1) is 13.2 Å². The van der Waals surface area contributed by atoms with Crippen molar-refractivity contribution in [3.8, 4) is 11.8 Å². The zero-order valence-electron chi connectivity index (χ0n) is 15.2. The predicted molar refractivity (Wildman–Crippen MR) is 93.0 cm³/mol. The van der Waals surface area contributed by atoms with Crippen LogP contribution in [0.4, 0.5) is 24.7 Å². The number of hydrogen-bond acceptors (Lipinski definition) is 5. The summed E-state index contributed by atoms with van der Waals surface area (Å²) >= 11 is 0. The van der Waals surface area contributed by atoms with Crippen molar-refractivity contribution >= 4 is 11.5 Å². The molecule has 0 atom stereocenters. The second kappa shape index (κ2) is 8.25. The smallest absolute Gasteiger partial charge is 0.421 e. The molecule has 0 unspecified atom stereocenters. The maximum Gasteiger partial charge on any atom is 0.421 e. The van der Waals surface area contributed by atoms with E-state index in [1.165, 1.54) is 11.9 Å². The summed E-state index contributed by atoms with van der Waals surface area (Å²) in [6.07, 6.45) is -3.82. The average molecular weight is 369 g/mol. The lowest BCUT2D eigenvalue weighted by atomic mass is 10.2. The molecule has 0 radical (unpaired) electrons. The van der Waals surface area contributed by atoms with Gasteiger partial charge in [0.1, 0.15) is 11.3 Å². The molecule has 1 aromatic carbocycles. The van der Waals surface area contributed by atoms with E-state index in [-0.39, 0.29) is 17.7 Å². The Hall–Kier alpha value is -2.51. The molecule has 2 rings (SSSR count). The second-order valence-corrected chi connectivity index (χ2v) is 6.08. The average Bonchev–Trinajstić information content (AvgIpc) is 2.59. The number of ether oxygens (including phenoxy) is 2. The van der Waals surface area contributed by atoms with Gasteiger partial charge in [-0.3, -0.25) is 0 Å². The third-order valence-electron chi connectivity index (χ3n) is 3.45. The summed E-state index contributed by atoms with van der Waals surface area (Å²) in [5, 5.41) is 0. The molecule has 0 saturated heterocycles. The van der Waals surface area contributed by atoms with Crippen molar-refractivity contribution in [2.45, 2.75) is 26.9 Å². The minimum atomic E-state index is -4.58. The molecule has 1 aromatic heterocycles. The van der Waals surface area contributed by atoms with E-state index in [9.17, 15) is 13.2 Å². The molecule has 0 amide bonds. The van der Waals surface area contributed by atoms with E-state index in [0.29, 0.717) is 24.7 Å². The lowest BCUT2D eigenvalue weighted by molar-refractivity contribution is -0.137. The van der Waals surface area contributed by atoms with Crippen molar-refractivity contribution in [3.05, 3.63) is 36.0 Å². The SMILES string of the molecule is CCOc1ccc(N(C)c2nc(OCC(C)C)ncc2C(F)(F)F)cc1. The number of rotatable bonds is 7. The number of aromatic nitrogens is 2. The highest BCUT2D eigenvalue weighted by Crippen LogP contribution is 2.38. The van der Waals surface area contributed by atoms with Gasteiger partial charge in [-0.05, 0) is 37.1 Å². The van der Waals surface area contributed by atoms with Crippen LogP contribution in [0.25, 0.3) is 0 Å². The molecule has 1 heterocycles. The number of benzene rings is 1. The Morgan fingerprint density at radius 1 is 1.12 bits per heavy atom. The van der Waals surface area contributed by atoms with Crippen LogP contribution in [0, 0.1) is 5.92 Å².